The summed E-state index contributed by atoms with van der Waals surface area (Å²) in [5, 5.41) is 15.4. The monoisotopic (exact) mass is 260 g/mol. The van der Waals surface area contributed by atoms with Gasteiger partial charge in [0.2, 0.25) is 5.91 Å². The Labute approximate surface area is 110 Å². The zero-order valence-corrected chi connectivity index (χ0v) is 12.5. The average molecular weight is 260 g/mol. The predicted molar refractivity (Wildman–Crippen MR) is 72.5 cm³/mol. The number of nitrogens with one attached hydrogen (secondary N) is 2. The van der Waals surface area contributed by atoms with E-state index in [1.54, 1.807) is 0 Å². The number of carbonyl (C=O) groups excluding carboxylic acids is 1. The second-order valence-electron chi connectivity index (χ2n) is 6.51. The molecule has 0 aliphatic heterocycles. The van der Waals surface area contributed by atoms with E-state index in [2.05, 4.69) is 10.6 Å². The van der Waals surface area contributed by atoms with Crippen molar-refractivity contribution in [2.75, 3.05) is 19.7 Å². The molecule has 0 spiro atoms. The summed E-state index contributed by atoms with van der Waals surface area (Å²) >= 11 is 0. The molecular weight excluding hydrogens is 232 g/mol. The molecule has 0 bridgehead atoms. The Morgan fingerprint density at radius 2 is 1.78 bits per heavy atom. The van der Waals surface area contributed by atoms with Gasteiger partial charge >= 0.3 is 0 Å². The van der Waals surface area contributed by atoms with Crippen LogP contribution in [0.5, 0.6) is 0 Å². The topological polar surface area (TPSA) is 70.6 Å². The lowest BCUT2D eigenvalue weighted by molar-refractivity contribution is -0.121. The molecule has 0 aromatic carbocycles. The molecule has 0 aromatic heterocycles. The molecule has 0 aliphatic carbocycles. The number of hydrogen-bond donors (Lipinski definition) is 3. The lowest BCUT2D eigenvalue weighted by Crippen LogP contribution is -2.46. The van der Waals surface area contributed by atoms with Crippen LogP contribution >= 0.6 is 0 Å². The minimum absolute atomic E-state index is 0.0774. The van der Waals surface area contributed by atoms with Crippen LogP contribution in [0.2, 0.25) is 0 Å². The van der Waals surface area contributed by atoms with Gasteiger partial charge in [0.05, 0.1) is 24.9 Å². The average Bonchev–Trinajstić information content (AvgIpc) is 2.10. The van der Waals surface area contributed by atoms with Gasteiger partial charge in [-0.15, -0.1) is 0 Å². The normalized spacial score (nSPS) is 14.4. The van der Waals surface area contributed by atoms with Crippen LogP contribution in [0, 0.1) is 0 Å². The molecule has 0 heterocycles. The highest BCUT2D eigenvalue weighted by Gasteiger charge is 2.15. The van der Waals surface area contributed by atoms with Crippen molar-refractivity contribution in [1.29, 1.82) is 0 Å². The Bertz CT molecular complexity index is 254. The molecule has 0 radical (unpaired) electrons. The maximum atomic E-state index is 11.5. The molecular formula is C13H28N2O3. The largest absolute Gasteiger partial charge is 0.389 e. The Balaban J connectivity index is 3.69. The third-order valence-electron chi connectivity index (χ3n) is 1.89. The first kappa shape index (κ1) is 17.4. The highest BCUT2D eigenvalue weighted by atomic mass is 16.5. The summed E-state index contributed by atoms with van der Waals surface area (Å²) in [7, 11) is 0. The van der Waals surface area contributed by atoms with E-state index in [0.717, 1.165) is 0 Å². The summed E-state index contributed by atoms with van der Waals surface area (Å²) in [6.45, 7) is 12.4. The number of rotatable bonds is 6. The molecule has 1 atom stereocenters. The first-order valence-corrected chi connectivity index (χ1v) is 6.33. The van der Waals surface area contributed by atoms with E-state index in [0.29, 0.717) is 6.54 Å². The van der Waals surface area contributed by atoms with Crippen molar-refractivity contribution in [2.45, 2.75) is 58.8 Å². The maximum Gasteiger partial charge on any atom is 0.234 e. The van der Waals surface area contributed by atoms with E-state index in [1.807, 2.05) is 41.5 Å². The molecule has 0 aromatic rings. The van der Waals surface area contributed by atoms with Crippen molar-refractivity contribution in [3.05, 3.63) is 0 Å². The van der Waals surface area contributed by atoms with Crippen molar-refractivity contribution in [3.63, 3.8) is 0 Å². The third-order valence-corrected chi connectivity index (χ3v) is 1.89. The van der Waals surface area contributed by atoms with Crippen LogP contribution in [0.25, 0.3) is 0 Å². The summed E-state index contributed by atoms with van der Waals surface area (Å²) in [4.78, 5) is 11.5. The van der Waals surface area contributed by atoms with Crippen molar-refractivity contribution in [1.82, 2.24) is 10.6 Å². The molecule has 0 saturated heterocycles. The van der Waals surface area contributed by atoms with Crippen LogP contribution in [-0.4, -0.2) is 48.0 Å². The molecule has 18 heavy (non-hydrogen) atoms. The predicted octanol–water partition coefficient (Wildman–Crippen LogP) is 0.667. The van der Waals surface area contributed by atoms with Gasteiger partial charge in [-0.3, -0.25) is 4.79 Å². The molecule has 108 valence electrons. The number of hydrogen-bond acceptors (Lipinski definition) is 4. The highest BCUT2D eigenvalue weighted by Crippen LogP contribution is 2.06. The van der Waals surface area contributed by atoms with Gasteiger partial charge in [0.25, 0.3) is 0 Å². The molecule has 5 heteroatoms. The van der Waals surface area contributed by atoms with Crippen molar-refractivity contribution in [2.24, 2.45) is 0 Å². The van der Waals surface area contributed by atoms with Crippen molar-refractivity contribution in [3.8, 4) is 0 Å². The van der Waals surface area contributed by atoms with E-state index in [4.69, 9.17) is 4.74 Å². The van der Waals surface area contributed by atoms with Crippen LogP contribution in [0.15, 0.2) is 0 Å². The fraction of sp³-hybridized carbons (Fsp3) is 0.923. The Kier molecular flexibility index (Phi) is 6.81. The van der Waals surface area contributed by atoms with Crippen LogP contribution in [0.1, 0.15) is 41.5 Å². The molecule has 3 N–H and O–H groups in total. The summed E-state index contributed by atoms with van der Waals surface area (Å²) < 4.78 is 5.44. The van der Waals surface area contributed by atoms with Crippen molar-refractivity contribution >= 4 is 5.91 Å². The first-order valence-electron chi connectivity index (χ1n) is 6.33. The quantitative estimate of drug-likeness (QED) is 0.656. The van der Waals surface area contributed by atoms with Gasteiger partial charge in [0, 0.05) is 12.1 Å². The molecule has 5 nitrogen and oxygen atoms in total. The summed E-state index contributed by atoms with van der Waals surface area (Å²) in [6.07, 6.45) is -0.605. The van der Waals surface area contributed by atoms with E-state index in [9.17, 15) is 9.90 Å². The summed E-state index contributed by atoms with van der Waals surface area (Å²) in [5.41, 5.74) is -0.489. The van der Waals surface area contributed by atoms with Crippen LogP contribution in [-0.2, 0) is 9.53 Å². The standard InChI is InChI=1S/C13H28N2O3/c1-12(2,3)15-11(17)8-14-7-10(16)9-18-13(4,5)6/h10,14,16H,7-9H2,1-6H3,(H,15,17). The van der Waals surface area contributed by atoms with Crippen LogP contribution in [0.4, 0.5) is 0 Å². The van der Waals surface area contributed by atoms with Crippen LogP contribution in [0.3, 0.4) is 0 Å². The number of ether oxygens (including phenoxy) is 1. The molecule has 0 saturated carbocycles. The van der Waals surface area contributed by atoms with E-state index < -0.39 is 6.10 Å². The van der Waals surface area contributed by atoms with E-state index >= 15 is 0 Å². The zero-order valence-electron chi connectivity index (χ0n) is 12.5. The Morgan fingerprint density at radius 3 is 2.22 bits per heavy atom. The van der Waals surface area contributed by atoms with Gasteiger partial charge in [-0.05, 0) is 41.5 Å². The van der Waals surface area contributed by atoms with Crippen LogP contribution < -0.4 is 10.6 Å². The maximum absolute atomic E-state index is 11.5. The first-order chi connectivity index (χ1) is 7.99. The van der Waals surface area contributed by atoms with Gasteiger partial charge in [0.15, 0.2) is 0 Å². The zero-order chi connectivity index (χ0) is 14.4. The highest BCUT2D eigenvalue weighted by molar-refractivity contribution is 5.78. The van der Waals surface area contributed by atoms with Gasteiger partial charge in [-0.1, -0.05) is 0 Å². The minimum Gasteiger partial charge on any atom is -0.389 e. The fourth-order valence-electron chi connectivity index (χ4n) is 1.22. The molecule has 1 unspecified atom stereocenters. The second-order valence-corrected chi connectivity index (χ2v) is 6.51. The lowest BCUT2D eigenvalue weighted by Gasteiger charge is -2.23. The van der Waals surface area contributed by atoms with Gasteiger partial charge < -0.3 is 20.5 Å². The fourth-order valence-corrected chi connectivity index (χ4v) is 1.22. The summed E-state index contributed by atoms with van der Waals surface area (Å²) in [5.74, 6) is -0.0774. The van der Waals surface area contributed by atoms with Gasteiger partial charge in [-0.2, -0.15) is 0 Å². The minimum atomic E-state index is -0.605. The number of aliphatic hydroxyl groups excluding tert-OH is 1. The number of aliphatic hydroxyl groups is 1. The number of carbonyl (C=O) groups is 1. The van der Waals surface area contributed by atoms with Gasteiger partial charge in [-0.25, -0.2) is 0 Å². The third kappa shape index (κ3) is 11.8. The van der Waals surface area contributed by atoms with E-state index in [1.165, 1.54) is 0 Å². The van der Waals surface area contributed by atoms with Gasteiger partial charge in [0.1, 0.15) is 0 Å². The molecule has 0 rings (SSSR count). The second kappa shape index (κ2) is 7.07. The molecule has 1 amide bonds. The summed E-state index contributed by atoms with van der Waals surface area (Å²) in [6, 6.07) is 0. The number of amides is 1. The van der Waals surface area contributed by atoms with E-state index in [-0.39, 0.29) is 30.2 Å². The Morgan fingerprint density at radius 1 is 1.22 bits per heavy atom. The molecule has 0 fully saturated rings. The van der Waals surface area contributed by atoms with Crippen molar-refractivity contribution < 1.29 is 14.6 Å². The smallest absolute Gasteiger partial charge is 0.234 e. The SMILES string of the molecule is CC(C)(C)NC(=O)CNCC(O)COC(C)(C)C. The lowest BCUT2D eigenvalue weighted by atomic mass is 10.1. The molecule has 0 aliphatic rings. The Hall–Kier alpha value is -0.650.